The van der Waals surface area contributed by atoms with Crippen LogP contribution in [0.15, 0.2) is 12.1 Å². The van der Waals surface area contributed by atoms with Crippen molar-refractivity contribution in [3.8, 4) is 11.5 Å². The van der Waals surface area contributed by atoms with E-state index < -0.39 is 5.67 Å². The van der Waals surface area contributed by atoms with Gasteiger partial charge in [-0.25, -0.2) is 4.39 Å². The molecule has 1 atom stereocenters. The molecule has 0 radical (unpaired) electrons. The van der Waals surface area contributed by atoms with Crippen LogP contribution in [0.5, 0.6) is 11.5 Å². The number of phenolic OH excluding ortho intramolecular Hbond substituents is 1. The quantitative estimate of drug-likeness (QED) is 0.815. The first kappa shape index (κ1) is 11.8. The highest BCUT2D eigenvalue weighted by molar-refractivity contribution is 6.31. The number of methoxy groups -OCH3 is 1. The van der Waals surface area contributed by atoms with E-state index >= 15 is 0 Å². The average molecular weight is 233 g/mol. The maximum atomic E-state index is 13.7. The first-order valence-electron chi connectivity index (χ1n) is 4.14. The molecule has 1 aromatic carbocycles. The van der Waals surface area contributed by atoms with Gasteiger partial charge in [0.05, 0.1) is 12.1 Å². The molecule has 0 aliphatic rings. The van der Waals surface area contributed by atoms with Crippen molar-refractivity contribution in [2.75, 3.05) is 7.11 Å². The van der Waals surface area contributed by atoms with Gasteiger partial charge in [-0.05, 0) is 13.0 Å². The average Bonchev–Trinajstić information content (AvgIpc) is 2.17. The van der Waals surface area contributed by atoms with Crippen LogP contribution in [0.2, 0.25) is 5.02 Å². The zero-order valence-corrected chi connectivity index (χ0v) is 9.01. The number of aldehydes is 1. The standard InChI is InChI=1S/C10H10ClFO3/c1-10(12,5-13)6-3-9(15-2)8(14)4-7(6)11/h3-5,14H,1-2H3. The number of aromatic hydroxyl groups is 1. The second-order valence-corrected chi connectivity index (χ2v) is 3.60. The van der Waals surface area contributed by atoms with Gasteiger partial charge in [-0.1, -0.05) is 11.6 Å². The highest BCUT2D eigenvalue weighted by Crippen LogP contribution is 2.38. The Labute approximate surface area is 91.4 Å². The zero-order valence-electron chi connectivity index (χ0n) is 8.25. The SMILES string of the molecule is COc1cc(C(C)(F)C=O)c(Cl)cc1O. The molecule has 0 saturated carbocycles. The Morgan fingerprint density at radius 1 is 1.60 bits per heavy atom. The maximum Gasteiger partial charge on any atom is 0.189 e. The van der Waals surface area contributed by atoms with Gasteiger partial charge in [-0.3, -0.25) is 4.79 Å². The Morgan fingerprint density at radius 3 is 2.67 bits per heavy atom. The minimum absolute atomic E-state index is 0.0228. The Bertz CT molecular complexity index is 390. The highest BCUT2D eigenvalue weighted by atomic mass is 35.5. The third-order valence-corrected chi connectivity index (χ3v) is 2.33. The second kappa shape index (κ2) is 4.06. The number of benzene rings is 1. The largest absolute Gasteiger partial charge is 0.504 e. The van der Waals surface area contributed by atoms with E-state index in [2.05, 4.69) is 0 Å². The van der Waals surface area contributed by atoms with E-state index in [0.29, 0.717) is 0 Å². The number of carbonyl (C=O) groups is 1. The summed E-state index contributed by atoms with van der Waals surface area (Å²) in [5.74, 6) is -0.131. The third kappa shape index (κ3) is 2.21. The van der Waals surface area contributed by atoms with Crippen LogP contribution in [0.25, 0.3) is 0 Å². The highest BCUT2D eigenvalue weighted by Gasteiger charge is 2.29. The van der Waals surface area contributed by atoms with Gasteiger partial charge in [0.15, 0.2) is 23.5 Å². The monoisotopic (exact) mass is 232 g/mol. The van der Waals surface area contributed by atoms with Gasteiger partial charge in [-0.2, -0.15) is 0 Å². The molecule has 0 aromatic heterocycles. The van der Waals surface area contributed by atoms with Gasteiger partial charge in [0.25, 0.3) is 0 Å². The van der Waals surface area contributed by atoms with Crippen molar-refractivity contribution in [1.82, 2.24) is 0 Å². The van der Waals surface area contributed by atoms with Gasteiger partial charge in [0, 0.05) is 11.6 Å². The molecule has 0 fully saturated rings. The predicted molar refractivity (Wildman–Crippen MR) is 54.2 cm³/mol. The minimum atomic E-state index is -2.20. The first-order chi connectivity index (χ1) is 6.92. The van der Waals surface area contributed by atoms with Crippen LogP contribution in [0, 0.1) is 0 Å². The van der Waals surface area contributed by atoms with Gasteiger partial charge in [-0.15, -0.1) is 0 Å². The molecule has 1 unspecified atom stereocenters. The van der Waals surface area contributed by atoms with Crippen LogP contribution < -0.4 is 4.74 Å². The van der Waals surface area contributed by atoms with E-state index in [4.69, 9.17) is 16.3 Å². The molecule has 0 bridgehead atoms. The summed E-state index contributed by atoms with van der Waals surface area (Å²) in [6, 6.07) is 2.34. The number of phenols is 1. The molecule has 1 rings (SSSR count). The molecule has 1 aromatic rings. The molecule has 0 saturated heterocycles. The molecule has 5 heteroatoms. The molecule has 0 aliphatic heterocycles. The molecular weight excluding hydrogens is 223 g/mol. The molecule has 82 valence electrons. The van der Waals surface area contributed by atoms with Crippen LogP contribution >= 0.6 is 11.6 Å². The molecule has 0 aliphatic carbocycles. The smallest absolute Gasteiger partial charge is 0.189 e. The van der Waals surface area contributed by atoms with Crippen molar-refractivity contribution in [2.24, 2.45) is 0 Å². The topological polar surface area (TPSA) is 46.5 Å². The Morgan fingerprint density at radius 2 is 2.20 bits per heavy atom. The second-order valence-electron chi connectivity index (χ2n) is 3.20. The van der Waals surface area contributed by atoms with E-state index in [1.807, 2.05) is 0 Å². The van der Waals surface area contributed by atoms with Crippen LogP contribution in [0.1, 0.15) is 12.5 Å². The van der Waals surface area contributed by atoms with Crippen LogP contribution in [0.3, 0.4) is 0 Å². The third-order valence-electron chi connectivity index (χ3n) is 2.02. The number of alkyl halides is 1. The number of halogens is 2. The number of hydrogen-bond acceptors (Lipinski definition) is 3. The van der Waals surface area contributed by atoms with E-state index in [9.17, 15) is 14.3 Å². The first-order valence-corrected chi connectivity index (χ1v) is 4.52. The fourth-order valence-corrected chi connectivity index (χ4v) is 1.49. The molecule has 3 nitrogen and oxygen atoms in total. The lowest BCUT2D eigenvalue weighted by Gasteiger charge is -2.16. The number of ether oxygens (including phenoxy) is 1. The number of carbonyl (C=O) groups excluding carboxylic acids is 1. The van der Waals surface area contributed by atoms with Gasteiger partial charge in [0.2, 0.25) is 0 Å². The van der Waals surface area contributed by atoms with Crippen LogP contribution in [0.4, 0.5) is 4.39 Å². The summed E-state index contributed by atoms with van der Waals surface area (Å²) in [6.45, 7) is 1.08. The fraction of sp³-hybridized carbons (Fsp3) is 0.300. The lowest BCUT2D eigenvalue weighted by Crippen LogP contribution is -2.17. The molecule has 1 N–H and O–H groups in total. The van der Waals surface area contributed by atoms with Crippen molar-refractivity contribution >= 4 is 17.9 Å². The predicted octanol–water partition coefficient (Wildman–Crippen LogP) is 2.44. The summed E-state index contributed by atoms with van der Waals surface area (Å²) < 4.78 is 18.5. The van der Waals surface area contributed by atoms with E-state index in [-0.39, 0.29) is 28.4 Å². The summed E-state index contributed by atoms with van der Waals surface area (Å²) in [6.07, 6.45) is 0.144. The van der Waals surface area contributed by atoms with E-state index in [0.717, 1.165) is 13.0 Å². The van der Waals surface area contributed by atoms with Crippen LogP contribution in [-0.2, 0) is 10.5 Å². The van der Waals surface area contributed by atoms with Crippen LogP contribution in [-0.4, -0.2) is 18.5 Å². The molecule has 0 spiro atoms. The van der Waals surface area contributed by atoms with E-state index in [1.165, 1.54) is 13.2 Å². The van der Waals surface area contributed by atoms with Gasteiger partial charge in [0.1, 0.15) is 0 Å². The molecule has 0 amide bonds. The Kier molecular flexibility index (Phi) is 3.19. The van der Waals surface area contributed by atoms with Crippen molar-refractivity contribution < 1.29 is 19.0 Å². The Hall–Kier alpha value is -1.29. The van der Waals surface area contributed by atoms with Crippen molar-refractivity contribution in [2.45, 2.75) is 12.6 Å². The molecule has 0 heterocycles. The Balaban J connectivity index is 3.36. The summed E-state index contributed by atoms with van der Waals surface area (Å²) in [7, 11) is 1.32. The molecular formula is C10H10ClFO3. The number of hydrogen-bond donors (Lipinski definition) is 1. The van der Waals surface area contributed by atoms with Crippen molar-refractivity contribution in [1.29, 1.82) is 0 Å². The van der Waals surface area contributed by atoms with Gasteiger partial charge < -0.3 is 9.84 Å². The summed E-state index contributed by atoms with van der Waals surface area (Å²) in [5.41, 5.74) is -2.23. The zero-order chi connectivity index (χ0) is 11.6. The van der Waals surface area contributed by atoms with E-state index in [1.54, 1.807) is 0 Å². The lowest BCUT2D eigenvalue weighted by molar-refractivity contribution is -0.117. The van der Waals surface area contributed by atoms with Crippen molar-refractivity contribution in [3.63, 3.8) is 0 Å². The normalized spacial score (nSPS) is 14.4. The summed E-state index contributed by atoms with van der Waals surface area (Å²) >= 11 is 5.71. The van der Waals surface area contributed by atoms with Gasteiger partial charge >= 0.3 is 0 Å². The van der Waals surface area contributed by atoms with Crippen molar-refractivity contribution in [3.05, 3.63) is 22.7 Å². The maximum absolute atomic E-state index is 13.7. The fourth-order valence-electron chi connectivity index (χ4n) is 1.14. The molecule has 15 heavy (non-hydrogen) atoms. The lowest BCUT2D eigenvalue weighted by atomic mass is 9.99. The summed E-state index contributed by atoms with van der Waals surface area (Å²) in [5, 5.41) is 9.31. The number of rotatable bonds is 3. The minimum Gasteiger partial charge on any atom is -0.504 e. The summed E-state index contributed by atoms with van der Waals surface area (Å²) in [4.78, 5) is 10.5.